The first-order valence-corrected chi connectivity index (χ1v) is 26.0. The van der Waals surface area contributed by atoms with Crippen molar-refractivity contribution in [3.05, 3.63) is 114 Å². The minimum Gasteiger partial charge on any atom is -0.497 e. The summed E-state index contributed by atoms with van der Waals surface area (Å²) in [4.78, 5) is 75.4. The molecule has 1 saturated carbocycles. The first-order chi connectivity index (χ1) is 35.8. The number of nitrogens with two attached hydrogens (primary N) is 2. The maximum Gasteiger partial charge on any atom is 0.243 e. The van der Waals surface area contributed by atoms with Crippen LogP contribution in [-0.4, -0.2) is 98.8 Å². The summed E-state index contributed by atoms with van der Waals surface area (Å²) >= 11 is 0. The van der Waals surface area contributed by atoms with Crippen LogP contribution in [0.5, 0.6) is 5.75 Å². The van der Waals surface area contributed by atoms with E-state index < -0.39 is 35.5 Å². The molecule has 0 bridgehead atoms. The van der Waals surface area contributed by atoms with Crippen molar-refractivity contribution in [1.29, 1.82) is 5.41 Å². The van der Waals surface area contributed by atoms with E-state index in [2.05, 4.69) is 26.3 Å². The summed E-state index contributed by atoms with van der Waals surface area (Å²) in [5.41, 5.74) is 17.0. The summed E-state index contributed by atoms with van der Waals surface area (Å²) in [5.74, 6) is -3.04. The molecule has 4 aromatic carbocycles. The number of ether oxygens (including phenoxy) is 2. The molecule has 0 radical (unpaired) electrons. The smallest absolute Gasteiger partial charge is 0.243 e. The number of guanidine groups is 1. The summed E-state index contributed by atoms with van der Waals surface area (Å²) in [6.07, 6.45) is 7.55. The fourth-order valence-electron chi connectivity index (χ4n) is 10.1. The predicted molar refractivity (Wildman–Crippen MR) is 286 cm³/mol. The second-order valence-electron chi connectivity index (χ2n) is 19.7. The molecular weight excluding hydrogens is 942 g/mol. The summed E-state index contributed by atoms with van der Waals surface area (Å²) in [7, 11) is 1.60. The van der Waals surface area contributed by atoms with Crippen molar-refractivity contribution in [2.75, 3.05) is 56.7 Å². The minimum atomic E-state index is -0.980. The van der Waals surface area contributed by atoms with Crippen molar-refractivity contribution in [2.45, 2.75) is 95.6 Å². The zero-order valence-corrected chi connectivity index (χ0v) is 42.4. The molecule has 17 heteroatoms. The van der Waals surface area contributed by atoms with Crippen molar-refractivity contribution in [3.63, 3.8) is 0 Å². The van der Waals surface area contributed by atoms with E-state index in [1.54, 1.807) is 19.2 Å². The van der Waals surface area contributed by atoms with Crippen LogP contribution < -0.4 is 42.4 Å². The number of amides is 3. The third kappa shape index (κ3) is 15.9. The third-order valence-electron chi connectivity index (χ3n) is 14.3. The Bertz CT molecular complexity index is 2690. The fourth-order valence-corrected chi connectivity index (χ4v) is 10.1. The minimum absolute atomic E-state index is 0.0256. The number of H-pyrrole nitrogens is 1. The van der Waals surface area contributed by atoms with Gasteiger partial charge in [-0.1, -0.05) is 67.4 Å². The van der Waals surface area contributed by atoms with Gasteiger partial charge in [-0.2, -0.15) is 0 Å². The van der Waals surface area contributed by atoms with Crippen LogP contribution in [0.2, 0.25) is 0 Å². The van der Waals surface area contributed by atoms with Crippen molar-refractivity contribution in [1.82, 2.24) is 20.9 Å². The molecule has 1 aromatic heterocycles. The van der Waals surface area contributed by atoms with E-state index in [1.807, 2.05) is 83.9 Å². The number of benzene rings is 4. The SMILES string of the molecule is COc1ccc2[nH]cc(C[C@H](CCC(=O)[C@H]3CCC[C@H](N)C3)C(=O)N[C@@H](Cc3ccc(-c4ccccc4)cc3)C(=O)CC[C@@H](CCCCNC(=N)N)C(=O)NCC(=O)Nc3ccc(N4CCOCC4)c(F)c3)c2c1. The number of carbonyl (C=O) groups is 5. The Kier molecular flexibility index (Phi) is 20.1. The predicted octanol–water partition coefficient (Wildman–Crippen LogP) is 6.95. The van der Waals surface area contributed by atoms with Crippen LogP contribution in [0.25, 0.3) is 22.0 Å². The van der Waals surface area contributed by atoms with Gasteiger partial charge in [-0.15, -0.1) is 0 Å². The van der Waals surface area contributed by atoms with Gasteiger partial charge in [-0.05, 0) is 116 Å². The Hall–Kier alpha value is -7.11. The summed E-state index contributed by atoms with van der Waals surface area (Å²) in [5, 5.41) is 19.7. The van der Waals surface area contributed by atoms with Crippen LogP contribution in [0.1, 0.15) is 81.8 Å². The lowest BCUT2D eigenvalue weighted by Gasteiger charge is -2.29. The van der Waals surface area contributed by atoms with E-state index in [9.17, 15) is 24.0 Å². The Morgan fingerprint density at radius 1 is 0.851 bits per heavy atom. The van der Waals surface area contributed by atoms with Crippen LogP contribution >= 0.6 is 0 Å². The second kappa shape index (κ2) is 27.3. The van der Waals surface area contributed by atoms with E-state index in [4.69, 9.17) is 26.4 Å². The van der Waals surface area contributed by atoms with Gasteiger partial charge in [-0.3, -0.25) is 29.4 Å². The molecule has 1 aliphatic heterocycles. The van der Waals surface area contributed by atoms with Crippen LogP contribution in [0.15, 0.2) is 97.2 Å². The lowest BCUT2D eigenvalue weighted by Crippen LogP contribution is -2.46. The molecule has 5 atom stereocenters. The zero-order chi connectivity index (χ0) is 52.4. The standard InChI is InChI=1S/C57H72FN9O7/c1-73-46-20-21-49-47(34-46)43(35-63-49)31-42(18-23-52(68)41-11-7-12-44(59)32-41)56(72)66-50(30-37-13-15-39(16-14-37)38-8-3-2-4-9-38)53(69)24-17-40(10-5-6-25-62-57(60)61)55(71)64-36-54(70)65-45-19-22-51(48(58)33-45)67-26-28-74-29-27-67/h2-4,8-9,13-16,19-22,33-35,40-42,44,50,63H,5-7,10-12,17-18,23-32,36,59H2,1H3,(H,64,71)(H,65,70)(H,66,72)(H4,60,61,62)/t40-,41+,42+,44+,50+/m1/s1. The first kappa shape index (κ1) is 54.7. The topological polar surface area (TPSA) is 247 Å². The number of methoxy groups -OCH3 is 1. The van der Waals surface area contributed by atoms with Gasteiger partial charge in [0.05, 0.1) is 38.6 Å². The van der Waals surface area contributed by atoms with Crippen molar-refractivity contribution in [3.8, 4) is 16.9 Å². The number of anilines is 2. The van der Waals surface area contributed by atoms with Gasteiger partial charge in [0, 0.05) is 79.1 Å². The lowest BCUT2D eigenvalue weighted by atomic mass is 9.81. The highest BCUT2D eigenvalue weighted by atomic mass is 19.1. The molecule has 7 rings (SSSR count). The number of Topliss-reactive ketones (excluding diaryl/α,β-unsaturated/α-hetero) is 2. The highest BCUT2D eigenvalue weighted by Crippen LogP contribution is 2.30. The number of nitrogens with zero attached hydrogens (tertiary/aromatic N) is 1. The number of morpholine rings is 1. The number of rotatable bonds is 26. The van der Waals surface area contributed by atoms with Gasteiger partial charge in [0.1, 0.15) is 17.3 Å². The van der Waals surface area contributed by atoms with Gasteiger partial charge in [0.25, 0.3) is 0 Å². The van der Waals surface area contributed by atoms with E-state index in [-0.39, 0.29) is 79.7 Å². The summed E-state index contributed by atoms with van der Waals surface area (Å²) < 4.78 is 26.0. The Morgan fingerprint density at radius 2 is 1.61 bits per heavy atom. The van der Waals surface area contributed by atoms with Gasteiger partial charge in [0.15, 0.2) is 11.7 Å². The number of unbranched alkanes of at least 4 members (excludes halogenated alkanes) is 1. The van der Waals surface area contributed by atoms with Crippen molar-refractivity contribution in [2.24, 2.45) is 29.2 Å². The fraction of sp³-hybridized carbons (Fsp3) is 0.439. The molecule has 1 saturated heterocycles. The average Bonchev–Trinajstić information content (AvgIpc) is 3.81. The average molecular weight is 1010 g/mol. The van der Waals surface area contributed by atoms with E-state index in [1.165, 1.54) is 6.07 Å². The molecule has 16 nitrogen and oxygen atoms in total. The molecule has 0 unspecified atom stereocenters. The number of carbonyl (C=O) groups excluding carboxylic acids is 5. The maximum absolute atomic E-state index is 15.1. The van der Waals surface area contributed by atoms with Crippen molar-refractivity contribution >= 4 is 57.5 Å². The number of nitrogens with one attached hydrogen (secondary N) is 6. The molecule has 5 aromatic rings. The van der Waals surface area contributed by atoms with Gasteiger partial charge in [0.2, 0.25) is 17.7 Å². The van der Waals surface area contributed by atoms with Crippen LogP contribution in [0, 0.1) is 29.0 Å². The first-order valence-electron chi connectivity index (χ1n) is 26.0. The molecule has 0 spiro atoms. The molecule has 3 amide bonds. The molecule has 1 aliphatic carbocycles. The highest BCUT2D eigenvalue weighted by molar-refractivity contribution is 5.95. The van der Waals surface area contributed by atoms with Gasteiger partial charge < -0.3 is 52.1 Å². The number of aromatic nitrogens is 1. The van der Waals surface area contributed by atoms with Crippen LogP contribution in [0.4, 0.5) is 15.8 Å². The number of hydrogen-bond acceptors (Lipinski definition) is 10. The number of ketones is 2. The van der Waals surface area contributed by atoms with Crippen LogP contribution in [-0.2, 0) is 41.6 Å². The van der Waals surface area contributed by atoms with E-state index in [0.717, 1.165) is 52.4 Å². The highest BCUT2D eigenvalue weighted by Gasteiger charge is 2.31. The molecule has 394 valence electrons. The van der Waals surface area contributed by atoms with Crippen LogP contribution in [0.3, 0.4) is 0 Å². The largest absolute Gasteiger partial charge is 0.497 e. The normalized spacial score (nSPS) is 16.9. The number of hydrogen-bond donors (Lipinski definition) is 8. The second-order valence-corrected chi connectivity index (χ2v) is 19.7. The maximum atomic E-state index is 15.1. The molecule has 2 fully saturated rings. The molecule has 2 heterocycles. The van der Waals surface area contributed by atoms with E-state index in [0.29, 0.717) is 76.4 Å². The summed E-state index contributed by atoms with van der Waals surface area (Å²) in [6, 6.07) is 26.9. The Balaban J connectivity index is 1.07. The monoisotopic (exact) mass is 1010 g/mol. The zero-order valence-electron chi connectivity index (χ0n) is 42.4. The lowest BCUT2D eigenvalue weighted by molar-refractivity contribution is -0.132. The Labute approximate surface area is 432 Å². The van der Waals surface area contributed by atoms with Gasteiger partial charge in [-0.25, -0.2) is 4.39 Å². The van der Waals surface area contributed by atoms with Gasteiger partial charge >= 0.3 is 0 Å². The number of halogens is 1. The summed E-state index contributed by atoms with van der Waals surface area (Å²) in [6.45, 7) is 2.12. The quantitative estimate of drug-likeness (QED) is 0.0160. The molecule has 2 aliphatic rings. The number of fused-ring (bicyclic) bond motifs is 1. The Morgan fingerprint density at radius 3 is 2.34 bits per heavy atom. The molecular formula is C57H72FN9O7. The van der Waals surface area contributed by atoms with Crippen molar-refractivity contribution < 1.29 is 37.8 Å². The third-order valence-corrected chi connectivity index (χ3v) is 14.3. The number of aromatic amines is 1. The molecule has 74 heavy (non-hydrogen) atoms. The van der Waals surface area contributed by atoms with E-state index >= 15 is 4.39 Å². The molecule has 10 N–H and O–H groups in total.